The topological polar surface area (TPSA) is 60.9 Å². The van der Waals surface area contributed by atoms with Gasteiger partial charge in [0.15, 0.2) is 0 Å². The molecule has 2 aliphatic rings. The average Bonchev–Trinajstić information content (AvgIpc) is 3.14. The molecular formula is C16H22N2O3S. The molecule has 2 unspecified atom stereocenters. The number of aliphatic hydroxyl groups is 1. The van der Waals surface area contributed by atoms with Crippen LogP contribution in [0.25, 0.3) is 0 Å². The fourth-order valence-electron chi connectivity index (χ4n) is 3.30. The molecule has 0 spiro atoms. The summed E-state index contributed by atoms with van der Waals surface area (Å²) in [7, 11) is 0. The van der Waals surface area contributed by atoms with E-state index >= 15 is 0 Å². The van der Waals surface area contributed by atoms with Crippen LogP contribution in [-0.2, 0) is 4.79 Å². The lowest BCUT2D eigenvalue weighted by molar-refractivity contribution is -0.139. The van der Waals surface area contributed by atoms with Crippen molar-refractivity contribution in [3.63, 3.8) is 0 Å². The summed E-state index contributed by atoms with van der Waals surface area (Å²) in [4.78, 5) is 30.3. The van der Waals surface area contributed by atoms with Crippen LogP contribution < -0.4 is 0 Å². The maximum absolute atomic E-state index is 12.4. The van der Waals surface area contributed by atoms with Crippen molar-refractivity contribution in [2.75, 3.05) is 26.2 Å². The number of nitrogens with zero attached hydrogens (tertiary/aromatic N) is 2. The molecule has 0 aromatic carbocycles. The minimum absolute atomic E-state index is 0.0593. The molecule has 22 heavy (non-hydrogen) atoms. The van der Waals surface area contributed by atoms with E-state index < -0.39 is 6.10 Å². The molecule has 1 N–H and O–H groups in total. The number of amides is 2. The van der Waals surface area contributed by atoms with Gasteiger partial charge in [-0.15, -0.1) is 11.3 Å². The van der Waals surface area contributed by atoms with Gasteiger partial charge in [-0.2, -0.15) is 0 Å². The Morgan fingerprint density at radius 2 is 1.82 bits per heavy atom. The van der Waals surface area contributed by atoms with Gasteiger partial charge in [-0.05, 0) is 38.3 Å². The predicted molar refractivity (Wildman–Crippen MR) is 84.9 cm³/mol. The van der Waals surface area contributed by atoms with Crippen molar-refractivity contribution in [3.8, 4) is 0 Å². The Balaban J connectivity index is 1.56. The molecule has 1 aliphatic heterocycles. The molecule has 5 nitrogen and oxygen atoms in total. The highest BCUT2D eigenvalue weighted by atomic mass is 32.1. The molecule has 1 aliphatic carbocycles. The van der Waals surface area contributed by atoms with Crippen LogP contribution >= 0.6 is 11.3 Å². The van der Waals surface area contributed by atoms with Crippen LogP contribution in [0.15, 0.2) is 12.1 Å². The van der Waals surface area contributed by atoms with Crippen molar-refractivity contribution in [1.82, 2.24) is 9.80 Å². The van der Waals surface area contributed by atoms with E-state index in [1.165, 1.54) is 11.3 Å². The Morgan fingerprint density at radius 1 is 1.14 bits per heavy atom. The number of aryl methyl sites for hydroxylation is 1. The predicted octanol–water partition coefficient (Wildman–Crippen LogP) is 1.50. The summed E-state index contributed by atoms with van der Waals surface area (Å²) in [5.41, 5.74) is 0. The number of rotatable bonds is 2. The summed E-state index contributed by atoms with van der Waals surface area (Å²) in [6, 6.07) is 3.83. The summed E-state index contributed by atoms with van der Waals surface area (Å²) >= 11 is 1.51. The molecule has 1 saturated heterocycles. The zero-order valence-electron chi connectivity index (χ0n) is 12.8. The van der Waals surface area contributed by atoms with Crippen molar-refractivity contribution in [2.24, 2.45) is 5.92 Å². The smallest absolute Gasteiger partial charge is 0.264 e. The lowest BCUT2D eigenvalue weighted by atomic mass is 10.0. The lowest BCUT2D eigenvalue weighted by Crippen LogP contribution is -2.52. The molecule has 2 atom stereocenters. The van der Waals surface area contributed by atoms with Crippen LogP contribution in [-0.4, -0.2) is 59.0 Å². The van der Waals surface area contributed by atoms with Crippen molar-refractivity contribution >= 4 is 23.2 Å². The van der Waals surface area contributed by atoms with Crippen LogP contribution in [0.1, 0.15) is 33.8 Å². The van der Waals surface area contributed by atoms with Crippen molar-refractivity contribution in [2.45, 2.75) is 32.3 Å². The first-order valence-corrected chi connectivity index (χ1v) is 8.70. The summed E-state index contributed by atoms with van der Waals surface area (Å²) in [5, 5.41) is 9.87. The molecule has 2 fully saturated rings. The first-order valence-electron chi connectivity index (χ1n) is 7.89. The number of thiophene rings is 1. The van der Waals surface area contributed by atoms with Crippen LogP contribution in [0, 0.1) is 12.8 Å². The fraction of sp³-hybridized carbons (Fsp3) is 0.625. The molecule has 2 heterocycles. The van der Waals surface area contributed by atoms with E-state index in [1.54, 1.807) is 0 Å². The number of hydrogen-bond acceptors (Lipinski definition) is 4. The average molecular weight is 322 g/mol. The Kier molecular flexibility index (Phi) is 4.49. The molecule has 1 aromatic heterocycles. The third-order valence-corrected chi connectivity index (χ3v) is 5.62. The van der Waals surface area contributed by atoms with Gasteiger partial charge in [-0.1, -0.05) is 0 Å². The maximum Gasteiger partial charge on any atom is 0.264 e. The Hall–Kier alpha value is -1.40. The van der Waals surface area contributed by atoms with Crippen LogP contribution in [0.2, 0.25) is 0 Å². The largest absolute Gasteiger partial charge is 0.392 e. The van der Waals surface area contributed by atoms with E-state index in [4.69, 9.17) is 0 Å². The highest BCUT2D eigenvalue weighted by Crippen LogP contribution is 2.28. The summed E-state index contributed by atoms with van der Waals surface area (Å²) < 4.78 is 0. The molecule has 0 radical (unpaired) electrons. The van der Waals surface area contributed by atoms with Crippen molar-refractivity contribution in [3.05, 3.63) is 21.9 Å². The number of carbonyl (C=O) groups excluding carboxylic acids is 2. The lowest BCUT2D eigenvalue weighted by Gasteiger charge is -2.36. The highest BCUT2D eigenvalue weighted by molar-refractivity contribution is 7.13. The third kappa shape index (κ3) is 3.03. The van der Waals surface area contributed by atoms with Gasteiger partial charge in [0, 0.05) is 31.1 Å². The highest BCUT2D eigenvalue weighted by Gasteiger charge is 2.36. The quantitative estimate of drug-likeness (QED) is 0.898. The van der Waals surface area contributed by atoms with Gasteiger partial charge in [0.25, 0.3) is 5.91 Å². The van der Waals surface area contributed by atoms with E-state index in [9.17, 15) is 14.7 Å². The molecule has 1 saturated carbocycles. The Morgan fingerprint density at radius 3 is 2.36 bits per heavy atom. The number of hydrogen-bond donors (Lipinski definition) is 1. The maximum atomic E-state index is 12.4. The van der Waals surface area contributed by atoms with Crippen LogP contribution in [0.3, 0.4) is 0 Å². The number of carbonyl (C=O) groups is 2. The third-order valence-electron chi connectivity index (χ3n) is 4.63. The van der Waals surface area contributed by atoms with Gasteiger partial charge in [-0.25, -0.2) is 0 Å². The minimum Gasteiger partial charge on any atom is -0.392 e. The van der Waals surface area contributed by atoms with E-state index in [0.717, 1.165) is 29.0 Å². The van der Waals surface area contributed by atoms with Gasteiger partial charge in [-0.3, -0.25) is 9.59 Å². The van der Waals surface area contributed by atoms with Crippen LogP contribution in [0.5, 0.6) is 0 Å². The zero-order valence-corrected chi connectivity index (χ0v) is 13.6. The summed E-state index contributed by atoms with van der Waals surface area (Å²) in [6.45, 7) is 4.27. The van der Waals surface area contributed by atoms with Crippen molar-refractivity contribution in [1.29, 1.82) is 0 Å². The second-order valence-corrected chi connectivity index (χ2v) is 7.42. The summed E-state index contributed by atoms with van der Waals surface area (Å²) in [5.74, 6) is -0.114. The molecule has 3 rings (SSSR count). The molecular weight excluding hydrogens is 300 g/mol. The van der Waals surface area contributed by atoms with E-state index in [2.05, 4.69) is 0 Å². The van der Waals surface area contributed by atoms with E-state index in [1.807, 2.05) is 28.9 Å². The summed E-state index contributed by atoms with van der Waals surface area (Å²) in [6.07, 6.45) is 1.95. The van der Waals surface area contributed by atoms with E-state index in [-0.39, 0.29) is 17.7 Å². The molecule has 1 aromatic rings. The van der Waals surface area contributed by atoms with Gasteiger partial charge in [0.2, 0.25) is 5.91 Å². The first-order chi connectivity index (χ1) is 10.6. The first kappa shape index (κ1) is 15.5. The number of aliphatic hydroxyl groups excluding tert-OH is 1. The standard InChI is InChI=1S/C16H22N2O3S/c1-11-5-6-14(22-11)16(21)18-9-7-17(8-10-18)15(20)12-3-2-4-13(12)19/h5-6,12-13,19H,2-4,7-10H2,1H3. The SMILES string of the molecule is Cc1ccc(C(=O)N2CCN(C(=O)C3CCCC3O)CC2)s1. The van der Waals surface area contributed by atoms with Crippen molar-refractivity contribution < 1.29 is 14.7 Å². The van der Waals surface area contributed by atoms with Gasteiger partial charge < -0.3 is 14.9 Å². The molecule has 0 bridgehead atoms. The Bertz CT molecular complexity index is 563. The second-order valence-electron chi connectivity index (χ2n) is 6.13. The normalized spacial score (nSPS) is 25.5. The van der Waals surface area contributed by atoms with E-state index in [0.29, 0.717) is 26.2 Å². The fourth-order valence-corrected chi connectivity index (χ4v) is 4.13. The molecule has 2 amide bonds. The van der Waals surface area contributed by atoms with Gasteiger partial charge >= 0.3 is 0 Å². The zero-order chi connectivity index (χ0) is 15.7. The minimum atomic E-state index is -0.485. The number of piperazine rings is 1. The van der Waals surface area contributed by atoms with Gasteiger partial charge in [0.05, 0.1) is 16.9 Å². The van der Waals surface area contributed by atoms with Gasteiger partial charge in [0.1, 0.15) is 0 Å². The molecule has 6 heteroatoms. The molecule has 120 valence electrons. The Labute approximate surface area is 134 Å². The monoisotopic (exact) mass is 322 g/mol. The van der Waals surface area contributed by atoms with Crippen LogP contribution in [0.4, 0.5) is 0 Å². The second kappa shape index (κ2) is 6.38.